The van der Waals surface area contributed by atoms with E-state index in [0.29, 0.717) is 0 Å². The zero-order valence-corrected chi connectivity index (χ0v) is 13.6. The van der Waals surface area contributed by atoms with Crippen LogP contribution in [0.15, 0.2) is 18.2 Å². The Balaban J connectivity index is 1.36. The molecule has 0 atom stereocenters. The van der Waals surface area contributed by atoms with Gasteiger partial charge in [0.15, 0.2) is 0 Å². The molecule has 0 unspecified atom stereocenters. The second-order valence-electron chi connectivity index (χ2n) is 6.49. The highest BCUT2D eigenvalue weighted by atomic mass is 16.5. The van der Waals surface area contributed by atoms with E-state index >= 15 is 0 Å². The first kappa shape index (κ1) is 15.6. The SMILES string of the molecule is Nc1ccc2c(c1)N(CCOCCCN1CCCC1)CCC2. The summed E-state index contributed by atoms with van der Waals surface area (Å²) < 4.78 is 5.84. The molecule has 22 heavy (non-hydrogen) atoms. The predicted molar refractivity (Wildman–Crippen MR) is 92.5 cm³/mol. The summed E-state index contributed by atoms with van der Waals surface area (Å²) in [6.45, 7) is 7.55. The highest BCUT2D eigenvalue weighted by Crippen LogP contribution is 2.28. The lowest BCUT2D eigenvalue weighted by molar-refractivity contribution is 0.128. The Kier molecular flexibility index (Phi) is 5.57. The molecule has 1 aromatic carbocycles. The summed E-state index contributed by atoms with van der Waals surface area (Å²) in [6, 6.07) is 6.30. The summed E-state index contributed by atoms with van der Waals surface area (Å²) in [4.78, 5) is 4.97. The Morgan fingerprint density at radius 2 is 1.86 bits per heavy atom. The van der Waals surface area contributed by atoms with Crippen LogP contribution in [-0.4, -0.2) is 50.8 Å². The number of anilines is 2. The van der Waals surface area contributed by atoms with Crippen molar-refractivity contribution in [3.63, 3.8) is 0 Å². The van der Waals surface area contributed by atoms with Crippen LogP contribution < -0.4 is 10.6 Å². The van der Waals surface area contributed by atoms with Crippen molar-refractivity contribution in [2.45, 2.75) is 32.1 Å². The van der Waals surface area contributed by atoms with Crippen molar-refractivity contribution in [1.82, 2.24) is 4.90 Å². The van der Waals surface area contributed by atoms with Crippen molar-refractivity contribution in [2.75, 3.05) is 56.6 Å². The number of likely N-dealkylation sites (tertiary alicyclic amines) is 1. The fourth-order valence-corrected chi connectivity index (χ4v) is 3.57. The van der Waals surface area contributed by atoms with Crippen LogP contribution in [-0.2, 0) is 11.2 Å². The van der Waals surface area contributed by atoms with E-state index in [4.69, 9.17) is 10.5 Å². The smallest absolute Gasteiger partial charge is 0.0641 e. The lowest BCUT2D eigenvalue weighted by Crippen LogP contribution is -2.32. The number of hydrogen-bond donors (Lipinski definition) is 1. The summed E-state index contributed by atoms with van der Waals surface area (Å²) in [5.41, 5.74) is 9.53. The van der Waals surface area contributed by atoms with Crippen LogP contribution in [0, 0.1) is 0 Å². The molecular weight excluding hydrogens is 274 g/mol. The van der Waals surface area contributed by atoms with E-state index in [0.717, 1.165) is 38.4 Å². The molecular formula is C18H29N3O. The minimum atomic E-state index is 0.814. The Bertz CT molecular complexity index is 471. The lowest BCUT2D eigenvalue weighted by atomic mass is 10.0. The Morgan fingerprint density at radius 3 is 2.73 bits per heavy atom. The first-order valence-corrected chi connectivity index (χ1v) is 8.76. The molecule has 0 bridgehead atoms. The molecule has 122 valence electrons. The average molecular weight is 303 g/mol. The number of fused-ring (bicyclic) bond motifs is 1. The van der Waals surface area contributed by atoms with Crippen LogP contribution in [0.2, 0.25) is 0 Å². The maximum Gasteiger partial charge on any atom is 0.0641 e. The maximum absolute atomic E-state index is 5.94. The zero-order chi connectivity index (χ0) is 15.2. The summed E-state index contributed by atoms with van der Waals surface area (Å²) >= 11 is 0. The molecule has 2 aliphatic heterocycles. The van der Waals surface area contributed by atoms with E-state index in [1.807, 2.05) is 6.07 Å². The van der Waals surface area contributed by atoms with Crippen molar-refractivity contribution in [3.8, 4) is 0 Å². The molecule has 2 aliphatic rings. The molecule has 0 amide bonds. The van der Waals surface area contributed by atoms with Gasteiger partial charge in [-0.25, -0.2) is 0 Å². The van der Waals surface area contributed by atoms with Crippen molar-refractivity contribution in [1.29, 1.82) is 0 Å². The summed E-state index contributed by atoms with van der Waals surface area (Å²) in [6.07, 6.45) is 6.30. The molecule has 0 spiro atoms. The number of ether oxygens (including phenoxy) is 1. The van der Waals surface area contributed by atoms with E-state index in [-0.39, 0.29) is 0 Å². The van der Waals surface area contributed by atoms with Gasteiger partial charge in [0.05, 0.1) is 6.61 Å². The van der Waals surface area contributed by atoms with E-state index in [9.17, 15) is 0 Å². The molecule has 0 aromatic heterocycles. The van der Waals surface area contributed by atoms with Crippen molar-refractivity contribution >= 4 is 11.4 Å². The number of nitrogens with zero attached hydrogens (tertiary/aromatic N) is 2. The van der Waals surface area contributed by atoms with Gasteiger partial charge < -0.3 is 20.3 Å². The number of rotatable bonds is 7. The van der Waals surface area contributed by atoms with Gasteiger partial charge in [0.2, 0.25) is 0 Å². The number of aryl methyl sites for hydroxylation is 1. The third-order valence-corrected chi connectivity index (χ3v) is 4.79. The van der Waals surface area contributed by atoms with Gasteiger partial charge in [0.1, 0.15) is 0 Å². The van der Waals surface area contributed by atoms with Crippen LogP contribution >= 0.6 is 0 Å². The van der Waals surface area contributed by atoms with Crippen LogP contribution in [0.4, 0.5) is 11.4 Å². The molecule has 1 aromatic rings. The molecule has 4 heteroatoms. The molecule has 2 N–H and O–H groups in total. The Labute approximate surface area is 134 Å². The average Bonchev–Trinajstić information content (AvgIpc) is 3.04. The standard InChI is InChI=1S/C18H29N3O/c19-17-7-6-16-5-3-11-21(18(16)15-17)12-14-22-13-4-10-20-8-1-2-9-20/h6-7,15H,1-5,8-14,19H2. The van der Waals surface area contributed by atoms with E-state index < -0.39 is 0 Å². The summed E-state index contributed by atoms with van der Waals surface area (Å²) in [7, 11) is 0. The molecule has 1 fully saturated rings. The van der Waals surface area contributed by atoms with Gasteiger partial charge in [-0.15, -0.1) is 0 Å². The molecule has 3 rings (SSSR count). The molecule has 0 radical (unpaired) electrons. The molecule has 0 aliphatic carbocycles. The Hall–Kier alpha value is -1.26. The van der Waals surface area contributed by atoms with Crippen molar-refractivity contribution < 1.29 is 4.74 Å². The van der Waals surface area contributed by atoms with Crippen LogP contribution in [0.25, 0.3) is 0 Å². The van der Waals surface area contributed by atoms with Gasteiger partial charge in [-0.3, -0.25) is 0 Å². The largest absolute Gasteiger partial charge is 0.399 e. The lowest BCUT2D eigenvalue weighted by Gasteiger charge is -2.31. The number of hydrogen-bond acceptors (Lipinski definition) is 4. The second kappa shape index (κ2) is 7.84. The van der Waals surface area contributed by atoms with Gasteiger partial charge in [0.25, 0.3) is 0 Å². The molecule has 2 heterocycles. The van der Waals surface area contributed by atoms with Crippen LogP contribution in [0.3, 0.4) is 0 Å². The van der Waals surface area contributed by atoms with Crippen molar-refractivity contribution in [3.05, 3.63) is 23.8 Å². The van der Waals surface area contributed by atoms with E-state index in [2.05, 4.69) is 21.9 Å². The second-order valence-corrected chi connectivity index (χ2v) is 6.49. The monoisotopic (exact) mass is 303 g/mol. The van der Waals surface area contributed by atoms with Gasteiger partial charge in [-0.2, -0.15) is 0 Å². The molecule has 0 saturated carbocycles. The quantitative estimate of drug-likeness (QED) is 0.621. The maximum atomic E-state index is 5.94. The van der Waals surface area contributed by atoms with Gasteiger partial charge in [0, 0.05) is 37.6 Å². The Morgan fingerprint density at radius 1 is 1.00 bits per heavy atom. The third kappa shape index (κ3) is 4.14. The first-order valence-electron chi connectivity index (χ1n) is 8.76. The van der Waals surface area contributed by atoms with Gasteiger partial charge >= 0.3 is 0 Å². The highest BCUT2D eigenvalue weighted by Gasteiger charge is 2.16. The van der Waals surface area contributed by atoms with E-state index in [1.54, 1.807) is 0 Å². The number of nitrogens with two attached hydrogens (primary N) is 1. The summed E-state index contributed by atoms with van der Waals surface area (Å²) in [5, 5.41) is 0. The first-order chi connectivity index (χ1) is 10.8. The minimum Gasteiger partial charge on any atom is -0.399 e. The molecule has 1 saturated heterocycles. The third-order valence-electron chi connectivity index (χ3n) is 4.79. The van der Waals surface area contributed by atoms with Gasteiger partial charge in [-0.05, 0) is 62.9 Å². The predicted octanol–water partition coefficient (Wildman–Crippen LogP) is 2.52. The normalized spacial score (nSPS) is 18.6. The van der Waals surface area contributed by atoms with E-state index in [1.165, 1.54) is 56.6 Å². The topological polar surface area (TPSA) is 41.7 Å². The highest BCUT2D eigenvalue weighted by molar-refractivity contribution is 5.62. The number of benzene rings is 1. The van der Waals surface area contributed by atoms with Crippen LogP contribution in [0.1, 0.15) is 31.2 Å². The van der Waals surface area contributed by atoms with Gasteiger partial charge in [-0.1, -0.05) is 6.07 Å². The van der Waals surface area contributed by atoms with Crippen molar-refractivity contribution in [2.24, 2.45) is 0 Å². The minimum absolute atomic E-state index is 0.814. The summed E-state index contributed by atoms with van der Waals surface area (Å²) in [5.74, 6) is 0. The number of nitrogen functional groups attached to an aromatic ring is 1. The zero-order valence-electron chi connectivity index (χ0n) is 13.6. The fourth-order valence-electron chi connectivity index (χ4n) is 3.57. The van der Waals surface area contributed by atoms with Crippen LogP contribution in [0.5, 0.6) is 0 Å². The fraction of sp³-hybridized carbons (Fsp3) is 0.667. The molecule has 4 nitrogen and oxygen atoms in total.